The lowest BCUT2D eigenvalue weighted by Gasteiger charge is -2.21. The Balaban J connectivity index is 0. The van der Waals surface area contributed by atoms with Gasteiger partial charge in [-0.25, -0.2) is 0 Å². The molecule has 16 heavy (non-hydrogen) atoms. The molecule has 2 unspecified atom stereocenters. The minimum Gasteiger partial charge on any atom is -0.368 e. The number of hydrogen-bond donors (Lipinski definition) is 1. The second-order valence-electron chi connectivity index (χ2n) is 3.92. The van der Waals surface area contributed by atoms with Gasteiger partial charge < -0.3 is 14.7 Å². The van der Waals surface area contributed by atoms with Gasteiger partial charge in [0, 0.05) is 0 Å². The van der Waals surface area contributed by atoms with E-state index >= 15 is 0 Å². The van der Waals surface area contributed by atoms with Gasteiger partial charge in [0.15, 0.2) is 6.29 Å². The van der Waals surface area contributed by atoms with Crippen molar-refractivity contribution >= 4 is 0 Å². The molecule has 4 heteroatoms. The van der Waals surface area contributed by atoms with Crippen molar-refractivity contribution in [3.05, 3.63) is 0 Å². The van der Waals surface area contributed by atoms with Crippen LogP contribution in [0.15, 0.2) is 0 Å². The molecule has 0 aliphatic carbocycles. The summed E-state index contributed by atoms with van der Waals surface area (Å²) in [6, 6.07) is 0. The molecule has 4 nitrogen and oxygen atoms in total. The summed E-state index contributed by atoms with van der Waals surface area (Å²) < 4.78 is 4.99. The summed E-state index contributed by atoms with van der Waals surface area (Å²) in [4.78, 5) is 4.26. The predicted octanol–water partition coefficient (Wildman–Crippen LogP) is 1.60. The van der Waals surface area contributed by atoms with Gasteiger partial charge in [0.1, 0.15) is 6.23 Å². The molecule has 0 amide bonds. The zero-order valence-corrected chi connectivity index (χ0v) is 12.0. The van der Waals surface area contributed by atoms with Crippen LogP contribution in [-0.2, 0) is 4.74 Å². The Hall–Kier alpha value is -0.160. The molecule has 0 aromatic heterocycles. The zero-order valence-electron chi connectivity index (χ0n) is 12.0. The zero-order chi connectivity index (χ0) is 13.1. The summed E-state index contributed by atoms with van der Waals surface area (Å²) in [6.45, 7) is 13.6. The molecule has 0 aromatic rings. The van der Waals surface area contributed by atoms with Gasteiger partial charge in [0.05, 0.1) is 0 Å². The molecule has 1 N–H and O–H groups in total. The second-order valence-corrected chi connectivity index (χ2v) is 3.92. The Bertz CT molecular complexity index is 131. The average molecular weight is 234 g/mol. The Kier molecular flexibility index (Phi) is 12.9. The first-order valence-electron chi connectivity index (χ1n) is 6.11. The second kappa shape index (κ2) is 11.3. The monoisotopic (exact) mass is 234 g/mol. The van der Waals surface area contributed by atoms with E-state index in [1.54, 1.807) is 6.92 Å². The van der Waals surface area contributed by atoms with Gasteiger partial charge in [-0.15, -0.1) is 0 Å². The van der Waals surface area contributed by atoms with Crippen molar-refractivity contribution in [2.75, 3.05) is 33.7 Å². The lowest BCUT2D eigenvalue weighted by molar-refractivity contribution is -0.156. The predicted molar refractivity (Wildman–Crippen MR) is 69.4 cm³/mol. The minimum atomic E-state index is -0.678. The molecular weight excluding hydrogens is 204 g/mol. The summed E-state index contributed by atoms with van der Waals surface area (Å²) in [5.74, 6) is 0. The molecule has 0 radical (unpaired) electrons. The van der Waals surface area contributed by atoms with Crippen LogP contribution in [0.4, 0.5) is 0 Å². The summed E-state index contributed by atoms with van der Waals surface area (Å²) in [5, 5.41) is 8.72. The van der Waals surface area contributed by atoms with E-state index in [0.717, 1.165) is 0 Å². The maximum Gasteiger partial charge on any atom is 0.153 e. The van der Waals surface area contributed by atoms with Crippen LogP contribution in [0.1, 0.15) is 34.6 Å². The molecule has 100 valence electrons. The van der Waals surface area contributed by atoms with Crippen LogP contribution in [0, 0.1) is 0 Å². The highest BCUT2D eigenvalue weighted by Crippen LogP contribution is 1.96. The van der Waals surface area contributed by atoms with E-state index < -0.39 is 6.29 Å². The molecule has 0 aliphatic rings. The van der Waals surface area contributed by atoms with E-state index in [1.165, 1.54) is 19.6 Å². The Morgan fingerprint density at radius 1 is 1.00 bits per heavy atom. The van der Waals surface area contributed by atoms with Crippen molar-refractivity contribution in [1.29, 1.82) is 0 Å². The Morgan fingerprint density at radius 3 is 1.44 bits per heavy atom. The normalized spacial score (nSPS) is 14.6. The quantitative estimate of drug-likeness (QED) is 0.708. The largest absolute Gasteiger partial charge is 0.368 e. The van der Waals surface area contributed by atoms with Crippen molar-refractivity contribution in [2.45, 2.75) is 47.1 Å². The molecule has 2 atom stereocenters. The molecule has 0 saturated heterocycles. The SMILES string of the molecule is CC(O)OC(C)N(C)C.CCN(CC)CC. The third kappa shape index (κ3) is 11.9. The van der Waals surface area contributed by atoms with Gasteiger partial charge in [-0.3, -0.25) is 4.90 Å². The number of aliphatic hydroxyl groups is 1. The van der Waals surface area contributed by atoms with Gasteiger partial charge in [-0.05, 0) is 47.6 Å². The molecule has 0 saturated carbocycles. The van der Waals surface area contributed by atoms with Crippen LogP contribution in [0.5, 0.6) is 0 Å². The van der Waals surface area contributed by atoms with Crippen molar-refractivity contribution in [3.8, 4) is 0 Å². The fourth-order valence-electron chi connectivity index (χ4n) is 1.08. The van der Waals surface area contributed by atoms with Crippen LogP contribution in [0.2, 0.25) is 0 Å². The van der Waals surface area contributed by atoms with E-state index in [2.05, 4.69) is 25.7 Å². The summed E-state index contributed by atoms with van der Waals surface area (Å²) in [5.41, 5.74) is 0. The van der Waals surface area contributed by atoms with Gasteiger partial charge in [-0.2, -0.15) is 0 Å². The van der Waals surface area contributed by atoms with Gasteiger partial charge in [0.2, 0.25) is 0 Å². The average Bonchev–Trinajstić information content (AvgIpc) is 2.20. The lowest BCUT2D eigenvalue weighted by Crippen LogP contribution is -2.30. The van der Waals surface area contributed by atoms with E-state index in [4.69, 9.17) is 9.84 Å². The number of rotatable bonds is 6. The highest BCUT2D eigenvalue weighted by molar-refractivity contribution is 4.44. The first kappa shape index (κ1) is 18.2. The Labute approximate surface area is 101 Å². The van der Waals surface area contributed by atoms with E-state index in [0.29, 0.717) is 0 Å². The van der Waals surface area contributed by atoms with Crippen LogP contribution in [0.25, 0.3) is 0 Å². The topological polar surface area (TPSA) is 35.9 Å². The third-order valence-electron chi connectivity index (χ3n) is 2.46. The van der Waals surface area contributed by atoms with Crippen LogP contribution < -0.4 is 0 Å². The third-order valence-corrected chi connectivity index (χ3v) is 2.46. The first-order valence-corrected chi connectivity index (χ1v) is 6.11. The number of hydrogen-bond acceptors (Lipinski definition) is 4. The highest BCUT2D eigenvalue weighted by Gasteiger charge is 2.05. The van der Waals surface area contributed by atoms with E-state index in [-0.39, 0.29) is 6.23 Å². The maximum atomic E-state index is 8.72. The number of ether oxygens (including phenoxy) is 1. The van der Waals surface area contributed by atoms with Gasteiger partial charge >= 0.3 is 0 Å². The van der Waals surface area contributed by atoms with Crippen LogP contribution >= 0.6 is 0 Å². The molecule has 0 bridgehead atoms. The number of nitrogens with zero attached hydrogens (tertiary/aromatic N) is 2. The fraction of sp³-hybridized carbons (Fsp3) is 1.00. The molecule has 0 heterocycles. The van der Waals surface area contributed by atoms with Crippen molar-refractivity contribution in [1.82, 2.24) is 9.80 Å². The summed E-state index contributed by atoms with van der Waals surface area (Å²) in [7, 11) is 3.79. The molecule has 0 spiro atoms. The summed E-state index contributed by atoms with van der Waals surface area (Å²) >= 11 is 0. The molecule has 0 fully saturated rings. The van der Waals surface area contributed by atoms with E-state index in [9.17, 15) is 0 Å². The van der Waals surface area contributed by atoms with Crippen LogP contribution in [0.3, 0.4) is 0 Å². The lowest BCUT2D eigenvalue weighted by atomic mass is 10.5. The first-order chi connectivity index (χ1) is 7.38. The summed E-state index contributed by atoms with van der Waals surface area (Å²) in [6.07, 6.45) is -0.701. The molecule has 0 aliphatic heterocycles. The molecule has 0 rings (SSSR count). The smallest absolute Gasteiger partial charge is 0.153 e. The number of aliphatic hydroxyl groups excluding tert-OH is 1. The van der Waals surface area contributed by atoms with Crippen molar-refractivity contribution in [2.24, 2.45) is 0 Å². The fourth-order valence-corrected chi connectivity index (χ4v) is 1.08. The van der Waals surface area contributed by atoms with Crippen molar-refractivity contribution < 1.29 is 9.84 Å². The highest BCUT2D eigenvalue weighted by atomic mass is 16.6. The molecular formula is C12H30N2O2. The Morgan fingerprint density at radius 2 is 1.38 bits per heavy atom. The van der Waals surface area contributed by atoms with Gasteiger partial charge in [-0.1, -0.05) is 20.8 Å². The van der Waals surface area contributed by atoms with E-state index in [1.807, 2.05) is 25.9 Å². The van der Waals surface area contributed by atoms with Crippen LogP contribution in [-0.4, -0.2) is 61.2 Å². The van der Waals surface area contributed by atoms with Gasteiger partial charge in [0.25, 0.3) is 0 Å². The molecule has 0 aromatic carbocycles. The minimum absolute atomic E-state index is 0.0231. The van der Waals surface area contributed by atoms with Crippen molar-refractivity contribution in [3.63, 3.8) is 0 Å². The maximum absolute atomic E-state index is 8.72. The standard InChI is InChI=1S/C6H15NO2.C6H15N/c1-5(7(3)4)9-6(2)8;1-4-7(5-2)6-3/h5-6,8H,1-4H3;4-6H2,1-3H3.